The predicted octanol–water partition coefficient (Wildman–Crippen LogP) is 2.31. The van der Waals surface area contributed by atoms with Gasteiger partial charge in [-0.25, -0.2) is 9.48 Å². The number of hydrogen-bond donors (Lipinski definition) is 0. The second-order valence-electron chi connectivity index (χ2n) is 6.42. The van der Waals surface area contributed by atoms with Gasteiger partial charge in [0.2, 0.25) is 5.82 Å². The lowest BCUT2D eigenvalue weighted by atomic mass is 10.0. The minimum atomic E-state index is -4.64. The molecular weight excluding hydrogens is 347 g/mol. The highest BCUT2D eigenvalue weighted by atomic mass is 19.4. The summed E-state index contributed by atoms with van der Waals surface area (Å²) >= 11 is 0. The summed E-state index contributed by atoms with van der Waals surface area (Å²) in [5, 5.41) is 12.3. The van der Waals surface area contributed by atoms with Crippen LogP contribution in [0.25, 0.3) is 0 Å². The van der Waals surface area contributed by atoms with Gasteiger partial charge in [0, 0.05) is 26.7 Å². The molecule has 1 aliphatic heterocycles. The summed E-state index contributed by atoms with van der Waals surface area (Å²) in [5.74, 6) is -1.16. The molecule has 0 amide bonds. The van der Waals surface area contributed by atoms with Crippen molar-refractivity contribution in [2.24, 2.45) is 7.05 Å². The molecule has 1 aromatic heterocycles. The summed E-state index contributed by atoms with van der Waals surface area (Å²) in [6, 6.07) is 9.04. The van der Waals surface area contributed by atoms with Crippen LogP contribution in [0.15, 0.2) is 29.1 Å². The van der Waals surface area contributed by atoms with Gasteiger partial charge in [-0.15, -0.1) is 5.10 Å². The van der Waals surface area contributed by atoms with Crippen molar-refractivity contribution in [1.29, 1.82) is 5.26 Å². The fraction of sp³-hybridized carbons (Fsp3) is 0.471. The second kappa shape index (κ2) is 6.96. The first-order chi connectivity index (χ1) is 12.3. The first kappa shape index (κ1) is 18.2. The molecular formula is C17H18F3N5O. The van der Waals surface area contributed by atoms with Crippen molar-refractivity contribution in [3.05, 3.63) is 51.7 Å². The van der Waals surface area contributed by atoms with E-state index in [0.29, 0.717) is 42.6 Å². The molecule has 0 N–H and O–H groups in total. The molecule has 138 valence electrons. The van der Waals surface area contributed by atoms with Gasteiger partial charge in [0.05, 0.1) is 17.7 Å². The predicted molar refractivity (Wildman–Crippen MR) is 87.2 cm³/mol. The lowest BCUT2D eigenvalue weighted by Crippen LogP contribution is -2.37. The number of halogens is 3. The van der Waals surface area contributed by atoms with E-state index >= 15 is 0 Å². The Morgan fingerprint density at radius 3 is 2.35 bits per heavy atom. The van der Waals surface area contributed by atoms with Gasteiger partial charge in [0.25, 0.3) is 0 Å². The zero-order valence-electron chi connectivity index (χ0n) is 14.2. The topological polar surface area (TPSA) is 66.8 Å². The van der Waals surface area contributed by atoms with Crippen molar-refractivity contribution in [2.75, 3.05) is 13.1 Å². The molecule has 26 heavy (non-hydrogen) atoms. The number of likely N-dealkylation sites (tertiary alicyclic amines) is 1. The number of rotatable bonds is 3. The van der Waals surface area contributed by atoms with Crippen molar-refractivity contribution in [3.8, 4) is 6.07 Å². The average molecular weight is 365 g/mol. The third kappa shape index (κ3) is 3.65. The molecule has 9 heteroatoms. The van der Waals surface area contributed by atoms with E-state index in [1.165, 1.54) is 0 Å². The molecule has 0 bridgehead atoms. The number of nitrogens with zero attached hydrogens (tertiary/aromatic N) is 5. The van der Waals surface area contributed by atoms with Crippen LogP contribution in [0.4, 0.5) is 13.2 Å². The van der Waals surface area contributed by atoms with Gasteiger partial charge in [-0.1, -0.05) is 12.1 Å². The molecule has 0 spiro atoms. The molecule has 3 rings (SSSR count). The summed E-state index contributed by atoms with van der Waals surface area (Å²) in [4.78, 5) is 14.3. The van der Waals surface area contributed by atoms with Gasteiger partial charge in [-0.2, -0.15) is 18.4 Å². The lowest BCUT2D eigenvalue weighted by molar-refractivity contribution is -0.147. The van der Waals surface area contributed by atoms with E-state index in [1.54, 1.807) is 12.1 Å². The maximum absolute atomic E-state index is 12.9. The Balaban J connectivity index is 1.65. The SMILES string of the molecule is Cn1c(C(F)(F)F)nn(C2CCN(Cc3ccc(C#N)cc3)CC2)c1=O. The number of hydrogen-bond acceptors (Lipinski definition) is 4. The second-order valence-corrected chi connectivity index (χ2v) is 6.42. The Morgan fingerprint density at radius 1 is 1.23 bits per heavy atom. The van der Waals surface area contributed by atoms with Crippen molar-refractivity contribution in [2.45, 2.75) is 31.6 Å². The van der Waals surface area contributed by atoms with Crippen LogP contribution in [0.2, 0.25) is 0 Å². The molecule has 1 aromatic carbocycles. The van der Waals surface area contributed by atoms with E-state index < -0.39 is 17.7 Å². The van der Waals surface area contributed by atoms with E-state index in [9.17, 15) is 18.0 Å². The maximum Gasteiger partial charge on any atom is 0.451 e. The van der Waals surface area contributed by atoms with E-state index in [4.69, 9.17) is 5.26 Å². The average Bonchev–Trinajstić information content (AvgIpc) is 2.92. The highest BCUT2D eigenvalue weighted by molar-refractivity contribution is 5.31. The van der Waals surface area contributed by atoms with E-state index in [2.05, 4.69) is 16.1 Å². The third-order valence-corrected chi connectivity index (χ3v) is 4.65. The molecule has 2 heterocycles. The van der Waals surface area contributed by atoms with Crippen LogP contribution in [-0.4, -0.2) is 32.3 Å². The van der Waals surface area contributed by atoms with Crippen molar-refractivity contribution >= 4 is 0 Å². The van der Waals surface area contributed by atoms with Crippen LogP contribution < -0.4 is 5.69 Å². The first-order valence-corrected chi connectivity index (χ1v) is 8.23. The fourth-order valence-electron chi connectivity index (χ4n) is 3.21. The highest BCUT2D eigenvalue weighted by Gasteiger charge is 2.39. The monoisotopic (exact) mass is 365 g/mol. The van der Waals surface area contributed by atoms with Crippen LogP contribution in [0.1, 0.15) is 35.8 Å². The third-order valence-electron chi connectivity index (χ3n) is 4.65. The van der Waals surface area contributed by atoms with Crippen LogP contribution in [0.3, 0.4) is 0 Å². The quantitative estimate of drug-likeness (QED) is 0.837. The number of piperidine rings is 1. The van der Waals surface area contributed by atoms with Crippen molar-refractivity contribution in [3.63, 3.8) is 0 Å². The number of alkyl halides is 3. The number of nitriles is 1. The van der Waals surface area contributed by atoms with Gasteiger partial charge < -0.3 is 0 Å². The Hall–Kier alpha value is -2.60. The maximum atomic E-state index is 12.9. The molecule has 0 radical (unpaired) electrons. The summed E-state index contributed by atoms with van der Waals surface area (Å²) in [6.07, 6.45) is -3.52. The Bertz CT molecular complexity index is 868. The standard InChI is InChI=1S/C17H18F3N5O/c1-23-15(17(18,19)20)22-25(16(23)26)14-6-8-24(9-7-14)11-13-4-2-12(10-21)3-5-13/h2-5,14H,6-9,11H2,1H3. The Kier molecular flexibility index (Phi) is 4.87. The van der Waals surface area contributed by atoms with Crippen molar-refractivity contribution in [1.82, 2.24) is 19.2 Å². The lowest BCUT2D eigenvalue weighted by Gasteiger charge is -2.31. The van der Waals surface area contributed by atoms with Gasteiger partial charge in [-0.05, 0) is 30.5 Å². The molecule has 2 aromatic rings. The summed E-state index contributed by atoms with van der Waals surface area (Å²) in [7, 11) is 1.09. The van der Waals surface area contributed by atoms with Crippen LogP contribution in [-0.2, 0) is 19.8 Å². The summed E-state index contributed by atoms with van der Waals surface area (Å²) in [6.45, 7) is 2.02. The van der Waals surface area contributed by atoms with E-state index in [-0.39, 0.29) is 6.04 Å². The van der Waals surface area contributed by atoms with Gasteiger partial charge >= 0.3 is 11.9 Å². The molecule has 1 saturated heterocycles. The minimum absolute atomic E-state index is 0.331. The van der Waals surface area contributed by atoms with Crippen LogP contribution >= 0.6 is 0 Å². The molecule has 1 aliphatic rings. The zero-order valence-corrected chi connectivity index (χ0v) is 14.2. The molecule has 1 fully saturated rings. The molecule has 0 unspecified atom stereocenters. The molecule has 6 nitrogen and oxygen atoms in total. The summed E-state index contributed by atoms with van der Waals surface area (Å²) < 4.78 is 40.2. The van der Waals surface area contributed by atoms with E-state index in [0.717, 1.165) is 17.3 Å². The van der Waals surface area contributed by atoms with Crippen LogP contribution in [0.5, 0.6) is 0 Å². The molecule has 0 aliphatic carbocycles. The molecule has 0 atom stereocenters. The Labute approximate surface area is 148 Å². The fourth-order valence-corrected chi connectivity index (χ4v) is 3.21. The highest BCUT2D eigenvalue weighted by Crippen LogP contribution is 2.28. The Morgan fingerprint density at radius 2 is 1.85 bits per heavy atom. The smallest absolute Gasteiger partial charge is 0.299 e. The van der Waals surface area contributed by atoms with Crippen LogP contribution in [0, 0.1) is 11.3 Å². The minimum Gasteiger partial charge on any atom is -0.299 e. The molecule has 0 saturated carbocycles. The van der Waals surface area contributed by atoms with Gasteiger partial charge in [0.1, 0.15) is 0 Å². The summed E-state index contributed by atoms with van der Waals surface area (Å²) in [5.41, 5.74) is 0.933. The normalized spacial score (nSPS) is 16.6. The van der Waals surface area contributed by atoms with E-state index in [1.807, 2.05) is 12.1 Å². The largest absolute Gasteiger partial charge is 0.451 e. The zero-order chi connectivity index (χ0) is 18.9. The first-order valence-electron chi connectivity index (χ1n) is 8.23. The van der Waals surface area contributed by atoms with Crippen molar-refractivity contribution < 1.29 is 13.2 Å². The van der Waals surface area contributed by atoms with Gasteiger partial charge in [0.15, 0.2) is 0 Å². The van der Waals surface area contributed by atoms with Gasteiger partial charge in [-0.3, -0.25) is 9.47 Å². The number of benzene rings is 1. The number of aromatic nitrogens is 3.